The number of hydrogen-bond acceptors (Lipinski definition) is 7. The number of aromatic amines is 1. The van der Waals surface area contributed by atoms with Gasteiger partial charge in [-0.1, -0.05) is 0 Å². The quantitative estimate of drug-likeness (QED) is 0.504. The molecule has 6 rings (SSSR count). The number of hydrogen-bond donors (Lipinski definition) is 2. The lowest BCUT2D eigenvalue weighted by atomic mass is 9.89. The van der Waals surface area contributed by atoms with Crippen molar-refractivity contribution in [2.75, 3.05) is 25.6 Å². The second-order valence-electron chi connectivity index (χ2n) is 8.47. The normalized spacial score (nSPS) is 19.0. The maximum Gasteiger partial charge on any atom is 0.228 e. The van der Waals surface area contributed by atoms with Gasteiger partial charge in [0.05, 0.1) is 25.7 Å². The van der Waals surface area contributed by atoms with Gasteiger partial charge in [-0.25, -0.2) is 4.98 Å². The number of ether oxygens (including phenoxy) is 3. The smallest absolute Gasteiger partial charge is 0.228 e. The van der Waals surface area contributed by atoms with E-state index in [1.54, 1.807) is 13.3 Å². The monoisotopic (exact) mass is 434 g/mol. The average molecular weight is 435 g/mol. The van der Waals surface area contributed by atoms with E-state index in [-0.39, 0.29) is 11.8 Å². The summed E-state index contributed by atoms with van der Waals surface area (Å²) in [4.78, 5) is 17.0. The molecule has 166 valence electrons. The van der Waals surface area contributed by atoms with Crippen molar-refractivity contribution >= 4 is 22.6 Å². The maximum atomic E-state index is 5.95. The van der Waals surface area contributed by atoms with Crippen LogP contribution in [0.3, 0.4) is 0 Å². The van der Waals surface area contributed by atoms with E-state index in [1.165, 1.54) is 0 Å². The van der Waals surface area contributed by atoms with Crippen molar-refractivity contribution in [2.45, 2.75) is 43.9 Å². The molecule has 0 unspecified atom stereocenters. The molecule has 9 nitrogen and oxygen atoms in total. The van der Waals surface area contributed by atoms with Crippen LogP contribution in [0, 0.1) is 0 Å². The van der Waals surface area contributed by atoms with Crippen molar-refractivity contribution < 1.29 is 14.2 Å². The standard InChI is InChI=1S/C23H26N6O3/c1-30-21-19-17(15-3-4-18-24-9-10-29(18)14-15)13-25-20(19)27-22(28-21)26-16-5-7-23(8-6-16)31-11-2-12-32-23/h3-4,9-10,13-14,16H,2,5-8,11-12H2,1H3,(H2,25,26,27,28). The fourth-order valence-electron chi connectivity index (χ4n) is 4.81. The number of methoxy groups -OCH3 is 1. The average Bonchev–Trinajstić information content (AvgIpc) is 3.47. The zero-order valence-corrected chi connectivity index (χ0v) is 18.0. The van der Waals surface area contributed by atoms with Crippen LogP contribution in [0.5, 0.6) is 5.88 Å². The second kappa shape index (κ2) is 7.75. The lowest BCUT2D eigenvalue weighted by molar-refractivity contribution is -0.280. The van der Waals surface area contributed by atoms with E-state index in [2.05, 4.69) is 20.3 Å². The topological polar surface area (TPSA) is 98.6 Å². The highest BCUT2D eigenvalue weighted by Gasteiger charge is 2.39. The minimum atomic E-state index is -0.385. The van der Waals surface area contributed by atoms with Crippen molar-refractivity contribution in [1.29, 1.82) is 0 Å². The largest absolute Gasteiger partial charge is 0.480 e. The predicted octanol–water partition coefficient (Wildman–Crippen LogP) is 3.77. The van der Waals surface area contributed by atoms with Gasteiger partial charge in [0.25, 0.3) is 0 Å². The zero-order valence-electron chi connectivity index (χ0n) is 18.0. The van der Waals surface area contributed by atoms with Gasteiger partial charge in [-0.3, -0.25) is 0 Å². The molecule has 1 saturated carbocycles. The number of rotatable bonds is 4. The second-order valence-corrected chi connectivity index (χ2v) is 8.47. The van der Waals surface area contributed by atoms with Gasteiger partial charge in [0.2, 0.25) is 11.8 Å². The van der Waals surface area contributed by atoms with Crippen LogP contribution < -0.4 is 10.1 Å². The maximum absolute atomic E-state index is 5.95. The van der Waals surface area contributed by atoms with Crippen molar-refractivity contribution in [2.24, 2.45) is 0 Å². The van der Waals surface area contributed by atoms with Crippen LogP contribution in [0.25, 0.3) is 27.8 Å². The lowest BCUT2D eigenvalue weighted by Crippen LogP contribution is -2.45. The molecule has 32 heavy (non-hydrogen) atoms. The van der Waals surface area contributed by atoms with E-state index < -0.39 is 0 Å². The summed E-state index contributed by atoms with van der Waals surface area (Å²) in [5.41, 5.74) is 3.67. The van der Waals surface area contributed by atoms with Gasteiger partial charge < -0.3 is 28.9 Å². The number of fused-ring (bicyclic) bond motifs is 2. The van der Waals surface area contributed by atoms with Crippen molar-refractivity contribution in [1.82, 2.24) is 24.3 Å². The minimum absolute atomic E-state index is 0.273. The highest BCUT2D eigenvalue weighted by molar-refractivity contribution is 5.97. The number of pyridine rings is 1. The Labute approximate surface area is 185 Å². The Kier molecular flexibility index (Phi) is 4.73. The molecule has 4 aromatic rings. The molecule has 2 N–H and O–H groups in total. The summed E-state index contributed by atoms with van der Waals surface area (Å²) in [6, 6.07) is 4.31. The van der Waals surface area contributed by atoms with E-state index in [0.717, 1.165) is 73.1 Å². The summed E-state index contributed by atoms with van der Waals surface area (Å²) < 4.78 is 19.6. The van der Waals surface area contributed by atoms with Crippen LogP contribution in [0.1, 0.15) is 32.1 Å². The first-order valence-corrected chi connectivity index (χ1v) is 11.1. The molecule has 5 heterocycles. The first-order valence-electron chi connectivity index (χ1n) is 11.1. The molecule has 1 aliphatic carbocycles. The van der Waals surface area contributed by atoms with Gasteiger partial charge in [0.15, 0.2) is 5.79 Å². The summed E-state index contributed by atoms with van der Waals surface area (Å²) in [6.07, 6.45) is 12.4. The minimum Gasteiger partial charge on any atom is -0.480 e. The summed E-state index contributed by atoms with van der Waals surface area (Å²) >= 11 is 0. The van der Waals surface area contributed by atoms with Crippen LogP contribution in [0.4, 0.5) is 5.95 Å². The summed E-state index contributed by atoms with van der Waals surface area (Å²) in [7, 11) is 1.64. The Morgan fingerprint density at radius 2 is 2.03 bits per heavy atom. The number of imidazole rings is 1. The van der Waals surface area contributed by atoms with Gasteiger partial charge in [0.1, 0.15) is 11.3 Å². The lowest BCUT2D eigenvalue weighted by Gasteiger charge is -2.42. The molecule has 0 amide bonds. The third kappa shape index (κ3) is 3.37. The van der Waals surface area contributed by atoms with Crippen molar-refractivity contribution in [3.8, 4) is 17.0 Å². The predicted molar refractivity (Wildman–Crippen MR) is 120 cm³/mol. The Morgan fingerprint density at radius 3 is 2.84 bits per heavy atom. The summed E-state index contributed by atoms with van der Waals surface area (Å²) in [6.45, 7) is 1.58. The van der Waals surface area contributed by atoms with Crippen molar-refractivity contribution in [3.05, 3.63) is 36.9 Å². The SMILES string of the molecule is COc1nc(NC2CCC3(CC2)OCCCO3)nc2[nH]cc(-c3ccc4nccn4c3)c12. The molecule has 9 heteroatoms. The van der Waals surface area contributed by atoms with Crippen LogP contribution in [-0.4, -0.2) is 56.5 Å². The van der Waals surface area contributed by atoms with Crippen molar-refractivity contribution in [3.63, 3.8) is 0 Å². The molecule has 0 aromatic carbocycles. The van der Waals surface area contributed by atoms with Crippen LogP contribution in [0.2, 0.25) is 0 Å². The third-order valence-electron chi connectivity index (χ3n) is 6.49. The first kappa shape index (κ1) is 19.5. The fraction of sp³-hybridized carbons (Fsp3) is 0.435. The third-order valence-corrected chi connectivity index (χ3v) is 6.49. The van der Waals surface area contributed by atoms with Gasteiger partial charge in [-0.15, -0.1) is 0 Å². The Hall–Kier alpha value is -3.17. The number of nitrogens with zero attached hydrogens (tertiary/aromatic N) is 4. The molecule has 0 atom stereocenters. The molecule has 1 aliphatic heterocycles. The van der Waals surface area contributed by atoms with Gasteiger partial charge in [-0.05, 0) is 31.4 Å². The van der Waals surface area contributed by atoms with Crippen LogP contribution in [-0.2, 0) is 9.47 Å². The number of aromatic nitrogens is 5. The molecular formula is C23H26N6O3. The molecule has 0 bridgehead atoms. The summed E-state index contributed by atoms with van der Waals surface area (Å²) in [5.74, 6) is 0.730. The highest BCUT2D eigenvalue weighted by atomic mass is 16.7. The van der Waals surface area contributed by atoms with Gasteiger partial charge in [0, 0.05) is 54.8 Å². The molecule has 2 aliphatic rings. The number of anilines is 1. The van der Waals surface area contributed by atoms with E-state index >= 15 is 0 Å². The molecular weight excluding hydrogens is 408 g/mol. The molecule has 0 radical (unpaired) electrons. The van der Waals surface area contributed by atoms with Gasteiger partial charge in [-0.2, -0.15) is 9.97 Å². The Bertz CT molecular complexity index is 1250. The Balaban J connectivity index is 1.26. The van der Waals surface area contributed by atoms with E-state index in [9.17, 15) is 0 Å². The first-order chi connectivity index (χ1) is 15.7. The number of nitrogens with one attached hydrogen (secondary N) is 2. The molecule has 1 saturated heterocycles. The molecule has 1 spiro atoms. The summed E-state index contributed by atoms with van der Waals surface area (Å²) in [5, 5.41) is 4.36. The van der Waals surface area contributed by atoms with E-state index in [4.69, 9.17) is 19.2 Å². The van der Waals surface area contributed by atoms with Crippen LogP contribution in [0.15, 0.2) is 36.9 Å². The van der Waals surface area contributed by atoms with Gasteiger partial charge >= 0.3 is 0 Å². The zero-order chi connectivity index (χ0) is 21.5. The van der Waals surface area contributed by atoms with Crippen LogP contribution >= 0.6 is 0 Å². The van der Waals surface area contributed by atoms with E-state index in [0.29, 0.717) is 11.8 Å². The molecule has 4 aromatic heterocycles. The fourth-order valence-corrected chi connectivity index (χ4v) is 4.81. The Morgan fingerprint density at radius 1 is 1.19 bits per heavy atom. The molecule has 2 fully saturated rings. The highest BCUT2D eigenvalue weighted by Crippen LogP contribution is 2.37. The number of H-pyrrole nitrogens is 1. The van der Waals surface area contributed by atoms with E-state index in [1.807, 2.05) is 35.1 Å².